The maximum absolute atomic E-state index is 12.8. The largest absolute Gasteiger partial charge is 0.363 e. The van der Waals surface area contributed by atoms with Gasteiger partial charge in [0.25, 0.3) is 0 Å². The fourth-order valence-corrected chi connectivity index (χ4v) is 4.46. The molecule has 0 N–H and O–H groups in total. The highest BCUT2D eigenvalue weighted by molar-refractivity contribution is 5.78. The number of likely N-dealkylation sites (tertiary alicyclic amines) is 1. The van der Waals surface area contributed by atoms with Crippen molar-refractivity contribution in [3.05, 3.63) is 46.4 Å². The summed E-state index contributed by atoms with van der Waals surface area (Å²) in [6.07, 6.45) is 6.63. The molecule has 30 heavy (non-hydrogen) atoms. The first-order chi connectivity index (χ1) is 14.5. The van der Waals surface area contributed by atoms with Crippen LogP contribution in [0.25, 0.3) is 0 Å². The molecule has 5 rings (SSSR count). The maximum Gasteiger partial charge on any atom is 0.346 e. The summed E-state index contributed by atoms with van der Waals surface area (Å²) in [7, 11) is 1.95. The molecule has 9 nitrogen and oxygen atoms in total. The number of aromatic nitrogens is 4. The molecule has 0 radical (unpaired) electrons. The highest BCUT2D eigenvalue weighted by Crippen LogP contribution is 2.32. The van der Waals surface area contributed by atoms with Crippen LogP contribution in [0.1, 0.15) is 30.7 Å². The first-order valence-corrected chi connectivity index (χ1v) is 10.7. The van der Waals surface area contributed by atoms with Gasteiger partial charge in [-0.25, -0.2) is 9.48 Å². The highest BCUT2D eigenvalue weighted by atomic mass is 16.5. The number of hydrogen-bond donors (Lipinski definition) is 0. The van der Waals surface area contributed by atoms with Gasteiger partial charge in [0.05, 0.1) is 19.6 Å². The first-order valence-electron chi connectivity index (χ1n) is 10.7. The average Bonchev–Trinajstić information content (AvgIpc) is 3.38. The van der Waals surface area contributed by atoms with Crippen molar-refractivity contribution in [2.75, 3.05) is 26.7 Å². The van der Waals surface area contributed by atoms with Gasteiger partial charge in [-0.1, -0.05) is 0 Å². The van der Waals surface area contributed by atoms with Gasteiger partial charge in [-0.05, 0) is 49.9 Å². The molecule has 2 aliphatic heterocycles. The maximum atomic E-state index is 12.8. The molecule has 1 saturated heterocycles. The number of carbonyl (C=O) groups is 1. The summed E-state index contributed by atoms with van der Waals surface area (Å²) >= 11 is 0. The Morgan fingerprint density at radius 1 is 1.30 bits per heavy atom. The normalized spacial score (nSPS) is 23.3. The predicted octanol–water partition coefficient (Wildman–Crippen LogP) is 0.483. The molecule has 2 aromatic heterocycles. The Hall–Kier alpha value is -2.52. The number of pyridine rings is 1. The number of rotatable bonds is 6. The second-order valence-corrected chi connectivity index (χ2v) is 8.98. The summed E-state index contributed by atoms with van der Waals surface area (Å²) in [5, 5.41) is 4.47. The Balaban J connectivity index is 1.20. The van der Waals surface area contributed by atoms with Crippen LogP contribution in [-0.2, 0) is 35.8 Å². The molecule has 1 unspecified atom stereocenters. The molecule has 4 heterocycles. The van der Waals surface area contributed by atoms with Gasteiger partial charge in [0, 0.05) is 32.0 Å². The van der Waals surface area contributed by atoms with E-state index >= 15 is 0 Å². The SMILES string of the molecule is CN(CC(=O)N1CCC2(C1)Cn1c(nn(CC3CC3)c1=O)CO2)Cc1ccncc1. The van der Waals surface area contributed by atoms with Crippen molar-refractivity contribution in [2.45, 2.75) is 51.1 Å². The van der Waals surface area contributed by atoms with Crippen molar-refractivity contribution in [1.82, 2.24) is 29.1 Å². The minimum atomic E-state index is -0.483. The van der Waals surface area contributed by atoms with Crippen molar-refractivity contribution in [1.29, 1.82) is 0 Å². The van der Waals surface area contributed by atoms with Crippen LogP contribution in [0.4, 0.5) is 0 Å². The molecule has 0 bridgehead atoms. The van der Waals surface area contributed by atoms with Crippen LogP contribution in [0, 0.1) is 5.92 Å². The van der Waals surface area contributed by atoms with E-state index < -0.39 is 5.60 Å². The molecule has 0 aromatic carbocycles. The molecule has 1 atom stereocenters. The Kier molecular flexibility index (Phi) is 4.94. The molecule has 160 valence electrons. The Labute approximate surface area is 175 Å². The quantitative estimate of drug-likeness (QED) is 0.686. The van der Waals surface area contributed by atoms with Gasteiger partial charge in [0.15, 0.2) is 5.82 Å². The lowest BCUT2D eigenvalue weighted by Gasteiger charge is -2.33. The zero-order valence-electron chi connectivity index (χ0n) is 17.4. The van der Waals surface area contributed by atoms with Crippen molar-refractivity contribution in [3.63, 3.8) is 0 Å². The molecule has 1 aliphatic carbocycles. The van der Waals surface area contributed by atoms with Crippen molar-refractivity contribution >= 4 is 5.91 Å². The Bertz CT molecular complexity index is 982. The van der Waals surface area contributed by atoms with Crippen LogP contribution >= 0.6 is 0 Å². The third-order valence-corrected chi connectivity index (χ3v) is 6.36. The fourth-order valence-electron chi connectivity index (χ4n) is 4.46. The minimum absolute atomic E-state index is 0.0403. The van der Waals surface area contributed by atoms with Gasteiger partial charge >= 0.3 is 5.69 Å². The molecule has 2 aromatic rings. The topological polar surface area (TPSA) is 85.5 Å². The van der Waals surface area contributed by atoms with E-state index in [1.807, 2.05) is 29.0 Å². The van der Waals surface area contributed by atoms with Crippen LogP contribution in [0.3, 0.4) is 0 Å². The molecule has 3 aliphatic rings. The molecule has 1 amide bonds. The van der Waals surface area contributed by atoms with Gasteiger partial charge in [-0.15, -0.1) is 0 Å². The standard InChI is InChI=1S/C21H28N6O3/c1-24(10-17-4-7-22-8-5-17)12-19(28)25-9-6-21(14-25)15-26-18(13-30-21)23-27(20(26)29)11-16-2-3-16/h4-5,7-8,16H,2-3,6,9-15H2,1H3. The monoisotopic (exact) mass is 412 g/mol. The molecule has 1 spiro atoms. The summed E-state index contributed by atoms with van der Waals surface area (Å²) in [6, 6.07) is 3.92. The van der Waals surface area contributed by atoms with E-state index in [2.05, 4.69) is 10.1 Å². The molecule has 1 saturated carbocycles. The molecular weight excluding hydrogens is 384 g/mol. The number of nitrogens with zero attached hydrogens (tertiary/aromatic N) is 6. The van der Waals surface area contributed by atoms with Gasteiger partial charge in [0.2, 0.25) is 5.91 Å². The number of fused-ring (bicyclic) bond motifs is 1. The first kappa shape index (κ1) is 19.4. The molecular formula is C21H28N6O3. The van der Waals surface area contributed by atoms with E-state index in [4.69, 9.17) is 4.74 Å². The van der Waals surface area contributed by atoms with Gasteiger partial charge in [0.1, 0.15) is 12.2 Å². The van der Waals surface area contributed by atoms with E-state index in [1.54, 1.807) is 21.6 Å². The second-order valence-electron chi connectivity index (χ2n) is 8.98. The third-order valence-electron chi connectivity index (χ3n) is 6.36. The van der Waals surface area contributed by atoms with Gasteiger partial charge < -0.3 is 9.64 Å². The minimum Gasteiger partial charge on any atom is -0.363 e. The van der Waals surface area contributed by atoms with Crippen LogP contribution < -0.4 is 5.69 Å². The summed E-state index contributed by atoms with van der Waals surface area (Å²) in [6.45, 7) is 3.74. The smallest absolute Gasteiger partial charge is 0.346 e. The van der Waals surface area contributed by atoms with Crippen molar-refractivity contribution < 1.29 is 9.53 Å². The zero-order valence-corrected chi connectivity index (χ0v) is 17.4. The second kappa shape index (κ2) is 7.63. The van der Waals surface area contributed by atoms with E-state index in [0.29, 0.717) is 57.6 Å². The summed E-state index contributed by atoms with van der Waals surface area (Å²) in [5.41, 5.74) is 0.606. The van der Waals surface area contributed by atoms with Crippen LogP contribution in [-0.4, -0.2) is 67.3 Å². The Morgan fingerprint density at radius 3 is 2.87 bits per heavy atom. The van der Waals surface area contributed by atoms with Gasteiger partial charge in [-0.2, -0.15) is 5.10 Å². The number of likely N-dealkylation sites (N-methyl/N-ethyl adjacent to an activating group) is 1. The third kappa shape index (κ3) is 3.91. The van der Waals surface area contributed by atoms with E-state index in [1.165, 1.54) is 12.8 Å². The zero-order chi connectivity index (χ0) is 20.7. The number of ether oxygens (including phenoxy) is 1. The summed E-state index contributed by atoms with van der Waals surface area (Å²) in [5.74, 6) is 1.39. The van der Waals surface area contributed by atoms with E-state index in [9.17, 15) is 9.59 Å². The van der Waals surface area contributed by atoms with Crippen LogP contribution in [0.2, 0.25) is 0 Å². The predicted molar refractivity (Wildman–Crippen MR) is 108 cm³/mol. The van der Waals surface area contributed by atoms with E-state index in [0.717, 1.165) is 12.0 Å². The lowest BCUT2D eigenvalue weighted by atomic mass is 10.0. The number of amides is 1. The molecule has 2 fully saturated rings. The number of hydrogen-bond acceptors (Lipinski definition) is 6. The van der Waals surface area contributed by atoms with Crippen molar-refractivity contribution in [3.8, 4) is 0 Å². The van der Waals surface area contributed by atoms with Crippen molar-refractivity contribution in [2.24, 2.45) is 5.92 Å². The average molecular weight is 412 g/mol. The fraction of sp³-hybridized carbons (Fsp3) is 0.619. The van der Waals surface area contributed by atoms with Gasteiger partial charge in [-0.3, -0.25) is 19.2 Å². The van der Waals surface area contributed by atoms with E-state index in [-0.39, 0.29) is 11.6 Å². The lowest BCUT2D eigenvalue weighted by Crippen LogP contribution is -2.48. The Morgan fingerprint density at radius 2 is 2.10 bits per heavy atom. The lowest BCUT2D eigenvalue weighted by molar-refractivity contribution is -0.134. The molecule has 9 heteroatoms. The summed E-state index contributed by atoms with van der Waals surface area (Å²) in [4.78, 5) is 33.5. The summed E-state index contributed by atoms with van der Waals surface area (Å²) < 4.78 is 9.53. The number of carbonyl (C=O) groups excluding carboxylic acids is 1. The van der Waals surface area contributed by atoms with Crippen LogP contribution in [0.5, 0.6) is 0 Å². The highest BCUT2D eigenvalue weighted by Gasteiger charge is 2.45. The van der Waals surface area contributed by atoms with Crippen LogP contribution in [0.15, 0.2) is 29.3 Å².